The maximum atomic E-state index is 12.4. The molecule has 7 heteroatoms. The standard InChI is InChI=1S/C17H15N5O2/c18-16(23)15(12-4-2-1-3-5-12)21-17(24)13-6-7-14(20-10-13)22-9-8-19-11-22/h1-11,15H,(H2,18,23)(H,21,24). The molecule has 1 unspecified atom stereocenters. The molecule has 2 heterocycles. The highest BCUT2D eigenvalue weighted by atomic mass is 16.2. The Hall–Kier alpha value is -3.48. The van der Waals surface area contributed by atoms with Gasteiger partial charge in [-0.2, -0.15) is 0 Å². The van der Waals surface area contributed by atoms with Crippen molar-refractivity contribution >= 4 is 11.8 Å². The lowest BCUT2D eigenvalue weighted by atomic mass is 10.1. The van der Waals surface area contributed by atoms with E-state index in [4.69, 9.17) is 5.73 Å². The number of hydrogen-bond acceptors (Lipinski definition) is 4. The van der Waals surface area contributed by atoms with E-state index in [0.29, 0.717) is 16.9 Å². The summed E-state index contributed by atoms with van der Waals surface area (Å²) in [7, 11) is 0. The number of pyridine rings is 1. The van der Waals surface area contributed by atoms with E-state index in [1.807, 2.05) is 6.07 Å². The third-order valence-electron chi connectivity index (χ3n) is 3.47. The molecule has 0 aliphatic carbocycles. The molecule has 7 nitrogen and oxygen atoms in total. The monoisotopic (exact) mass is 321 g/mol. The van der Waals surface area contributed by atoms with Crippen LogP contribution in [0.3, 0.4) is 0 Å². The van der Waals surface area contributed by atoms with Crippen molar-refractivity contribution in [2.75, 3.05) is 0 Å². The summed E-state index contributed by atoms with van der Waals surface area (Å²) in [6.45, 7) is 0. The van der Waals surface area contributed by atoms with Gasteiger partial charge in [-0.15, -0.1) is 0 Å². The van der Waals surface area contributed by atoms with Crippen molar-refractivity contribution < 1.29 is 9.59 Å². The zero-order valence-corrected chi connectivity index (χ0v) is 12.7. The molecule has 0 spiro atoms. The molecule has 0 saturated carbocycles. The average molecular weight is 321 g/mol. The Morgan fingerprint density at radius 3 is 2.50 bits per heavy atom. The lowest BCUT2D eigenvalue weighted by Gasteiger charge is -2.15. The molecule has 1 aromatic carbocycles. The number of carbonyl (C=O) groups is 2. The number of primary amides is 1. The zero-order chi connectivity index (χ0) is 16.9. The minimum absolute atomic E-state index is 0.334. The largest absolute Gasteiger partial charge is 0.368 e. The van der Waals surface area contributed by atoms with Crippen LogP contribution in [0.2, 0.25) is 0 Å². The molecular formula is C17H15N5O2. The molecular weight excluding hydrogens is 306 g/mol. The molecule has 3 rings (SSSR count). The predicted molar refractivity (Wildman–Crippen MR) is 87.2 cm³/mol. The van der Waals surface area contributed by atoms with Crippen molar-refractivity contribution in [1.29, 1.82) is 0 Å². The van der Waals surface area contributed by atoms with E-state index in [-0.39, 0.29) is 0 Å². The molecule has 3 N–H and O–H groups in total. The Bertz CT molecular complexity index is 829. The van der Waals surface area contributed by atoms with Crippen LogP contribution in [0.25, 0.3) is 5.82 Å². The highest BCUT2D eigenvalue weighted by molar-refractivity contribution is 5.97. The molecule has 0 bridgehead atoms. The number of hydrogen-bond donors (Lipinski definition) is 2. The van der Waals surface area contributed by atoms with Crippen LogP contribution in [0.5, 0.6) is 0 Å². The van der Waals surface area contributed by atoms with E-state index in [0.717, 1.165) is 0 Å². The van der Waals surface area contributed by atoms with E-state index in [1.165, 1.54) is 6.20 Å². The van der Waals surface area contributed by atoms with Gasteiger partial charge in [0.25, 0.3) is 5.91 Å². The first kappa shape index (κ1) is 15.4. The van der Waals surface area contributed by atoms with Gasteiger partial charge in [0.2, 0.25) is 5.91 Å². The Kier molecular flexibility index (Phi) is 4.33. The van der Waals surface area contributed by atoms with E-state index < -0.39 is 17.9 Å². The summed E-state index contributed by atoms with van der Waals surface area (Å²) in [5.74, 6) is -0.413. The second kappa shape index (κ2) is 6.74. The van der Waals surface area contributed by atoms with Crippen molar-refractivity contribution in [3.8, 4) is 5.82 Å². The van der Waals surface area contributed by atoms with Gasteiger partial charge in [-0.3, -0.25) is 14.2 Å². The van der Waals surface area contributed by atoms with E-state index in [9.17, 15) is 9.59 Å². The summed E-state index contributed by atoms with van der Waals surface area (Å²) < 4.78 is 1.72. The van der Waals surface area contributed by atoms with Crippen LogP contribution in [0.1, 0.15) is 22.0 Å². The lowest BCUT2D eigenvalue weighted by Crippen LogP contribution is -2.37. The maximum absolute atomic E-state index is 12.4. The second-order valence-electron chi connectivity index (χ2n) is 5.09. The van der Waals surface area contributed by atoms with Crippen LogP contribution in [0.4, 0.5) is 0 Å². The number of nitrogens with two attached hydrogens (primary N) is 1. The Morgan fingerprint density at radius 2 is 1.92 bits per heavy atom. The Labute approximate surface area is 138 Å². The Morgan fingerprint density at radius 1 is 1.12 bits per heavy atom. The molecule has 24 heavy (non-hydrogen) atoms. The number of aromatic nitrogens is 3. The van der Waals surface area contributed by atoms with Gasteiger partial charge in [-0.05, 0) is 17.7 Å². The number of amides is 2. The molecule has 3 aromatic rings. The summed E-state index contributed by atoms with van der Waals surface area (Å²) in [6.07, 6.45) is 6.44. The normalized spacial score (nSPS) is 11.7. The van der Waals surface area contributed by atoms with Crippen molar-refractivity contribution in [2.45, 2.75) is 6.04 Å². The molecule has 0 fully saturated rings. The summed E-state index contributed by atoms with van der Waals surface area (Å²) in [4.78, 5) is 32.2. The smallest absolute Gasteiger partial charge is 0.253 e. The van der Waals surface area contributed by atoms with Crippen LogP contribution in [0.15, 0.2) is 67.4 Å². The third kappa shape index (κ3) is 3.30. The van der Waals surface area contributed by atoms with Gasteiger partial charge in [-0.25, -0.2) is 9.97 Å². The number of imidazole rings is 1. The van der Waals surface area contributed by atoms with Gasteiger partial charge < -0.3 is 11.1 Å². The minimum Gasteiger partial charge on any atom is -0.368 e. The van der Waals surface area contributed by atoms with Gasteiger partial charge >= 0.3 is 0 Å². The van der Waals surface area contributed by atoms with Crippen LogP contribution >= 0.6 is 0 Å². The molecule has 0 aliphatic heterocycles. The summed E-state index contributed by atoms with van der Waals surface area (Å²) in [5.41, 5.74) is 6.36. The fourth-order valence-electron chi connectivity index (χ4n) is 2.25. The maximum Gasteiger partial charge on any atom is 0.253 e. The molecule has 120 valence electrons. The summed E-state index contributed by atoms with van der Waals surface area (Å²) in [5, 5.41) is 2.63. The van der Waals surface area contributed by atoms with Gasteiger partial charge in [0.15, 0.2) is 0 Å². The van der Waals surface area contributed by atoms with Gasteiger partial charge in [0.05, 0.1) is 5.56 Å². The number of carbonyl (C=O) groups excluding carboxylic acids is 2. The van der Waals surface area contributed by atoms with Crippen LogP contribution in [-0.2, 0) is 4.79 Å². The van der Waals surface area contributed by atoms with Crippen molar-refractivity contribution in [1.82, 2.24) is 19.9 Å². The van der Waals surface area contributed by atoms with Crippen molar-refractivity contribution in [3.05, 3.63) is 78.5 Å². The van der Waals surface area contributed by atoms with Crippen LogP contribution in [-0.4, -0.2) is 26.3 Å². The number of nitrogens with one attached hydrogen (secondary N) is 1. The second-order valence-corrected chi connectivity index (χ2v) is 5.09. The predicted octanol–water partition coefficient (Wildman–Crippen LogP) is 1.22. The quantitative estimate of drug-likeness (QED) is 0.737. The minimum atomic E-state index is -0.896. The first-order valence-electron chi connectivity index (χ1n) is 7.24. The highest BCUT2D eigenvalue weighted by Crippen LogP contribution is 2.13. The number of nitrogens with zero attached hydrogens (tertiary/aromatic N) is 3. The molecule has 1 atom stereocenters. The molecule has 2 aromatic heterocycles. The van der Waals surface area contributed by atoms with Gasteiger partial charge in [-0.1, -0.05) is 30.3 Å². The van der Waals surface area contributed by atoms with Gasteiger partial charge in [0, 0.05) is 18.6 Å². The fraction of sp³-hybridized carbons (Fsp3) is 0.0588. The zero-order valence-electron chi connectivity index (χ0n) is 12.7. The van der Waals surface area contributed by atoms with E-state index >= 15 is 0 Å². The molecule has 2 amide bonds. The van der Waals surface area contributed by atoms with E-state index in [2.05, 4.69) is 15.3 Å². The molecule has 0 saturated heterocycles. The number of rotatable bonds is 5. The molecule has 0 radical (unpaired) electrons. The lowest BCUT2D eigenvalue weighted by molar-refractivity contribution is -0.120. The first-order chi connectivity index (χ1) is 11.6. The van der Waals surface area contributed by atoms with Crippen LogP contribution in [0, 0.1) is 0 Å². The third-order valence-corrected chi connectivity index (χ3v) is 3.47. The average Bonchev–Trinajstić information content (AvgIpc) is 3.15. The SMILES string of the molecule is NC(=O)C(NC(=O)c1ccc(-n2ccnc2)nc1)c1ccccc1. The van der Waals surface area contributed by atoms with Crippen molar-refractivity contribution in [2.24, 2.45) is 5.73 Å². The highest BCUT2D eigenvalue weighted by Gasteiger charge is 2.20. The first-order valence-corrected chi connectivity index (χ1v) is 7.24. The van der Waals surface area contributed by atoms with E-state index in [1.54, 1.807) is 59.7 Å². The Balaban J connectivity index is 1.77. The van der Waals surface area contributed by atoms with Crippen molar-refractivity contribution in [3.63, 3.8) is 0 Å². The number of benzene rings is 1. The molecule has 0 aliphatic rings. The topological polar surface area (TPSA) is 103 Å². The summed E-state index contributed by atoms with van der Waals surface area (Å²) in [6, 6.07) is 11.3. The van der Waals surface area contributed by atoms with Crippen LogP contribution < -0.4 is 11.1 Å². The summed E-state index contributed by atoms with van der Waals surface area (Å²) >= 11 is 0. The van der Waals surface area contributed by atoms with Gasteiger partial charge in [0.1, 0.15) is 18.2 Å². The fourth-order valence-corrected chi connectivity index (χ4v) is 2.25.